The van der Waals surface area contributed by atoms with Crippen LogP contribution in [0.15, 0.2) is 24.3 Å². The number of benzene rings is 1. The van der Waals surface area contributed by atoms with Gasteiger partial charge in [-0.2, -0.15) is 0 Å². The van der Waals surface area contributed by atoms with E-state index in [2.05, 4.69) is 48.7 Å². The van der Waals surface area contributed by atoms with Crippen molar-refractivity contribution in [3.8, 4) is 5.75 Å². The van der Waals surface area contributed by atoms with Crippen LogP contribution >= 0.6 is 49.9 Å². The van der Waals surface area contributed by atoms with Gasteiger partial charge >= 0.3 is 6.03 Å². The number of alkyl halides is 1. The Kier molecular flexibility index (Phi) is 5.57. The summed E-state index contributed by atoms with van der Waals surface area (Å²) in [5.41, 5.74) is 0. The van der Waals surface area contributed by atoms with Gasteiger partial charge in [0.25, 0.3) is 0 Å². The minimum Gasteiger partial charge on any atom is -0.482 e. The van der Waals surface area contributed by atoms with Gasteiger partial charge in [-0.1, -0.05) is 27.3 Å². The standard InChI is InChI=1S/C14H14BrIN4O3S/c1-19-7-11(21)20(14(19)22)13-18-17-12(24-13)10(6-15)23-9-4-2-8(16)3-5-9/h2-5,10-11,21H,6-7H2,1H3. The van der Waals surface area contributed by atoms with Gasteiger partial charge in [0.15, 0.2) is 17.3 Å². The van der Waals surface area contributed by atoms with Crippen molar-refractivity contribution >= 4 is 61.0 Å². The number of anilines is 1. The minimum atomic E-state index is -0.914. The Morgan fingerprint density at radius 1 is 1.46 bits per heavy atom. The summed E-state index contributed by atoms with van der Waals surface area (Å²) in [6.07, 6.45) is -1.24. The molecule has 1 saturated heterocycles. The molecule has 2 atom stereocenters. The van der Waals surface area contributed by atoms with Gasteiger partial charge in [-0.05, 0) is 46.9 Å². The highest BCUT2D eigenvalue weighted by molar-refractivity contribution is 14.1. The lowest BCUT2D eigenvalue weighted by atomic mass is 10.3. The zero-order chi connectivity index (χ0) is 17.3. The average Bonchev–Trinajstić information content (AvgIpc) is 3.12. The number of hydrogen-bond acceptors (Lipinski definition) is 6. The smallest absolute Gasteiger partial charge is 0.328 e. The van der Waals surface area contributed by atoms with Gasteiger partial charge in [0.1, 0.15) is 5.75 Å². The summed E-state index contributed by atoms with van der Waals surface area (Å²) in [6.45, 7) is 0.245. The second kappa shape index (κ2) is 7.50. The molecule has 10 heteroatoms. The molecular formula is C14H14BrIN4O3S. The maximum absolute atomic E-state index is 12.1. The van der Waals surface area contributed by atoms with Gasteiger partial charge in [0.2, 0.25) is 5.13 Å². The van der Waals surface area contributed by atoms with Gasteiger partial charge in [-0.3, -0.25) is 0 Å². The van der Waals surface area contributed by atoms with Crippen molar-refractivity contribution in [2.45, 2.75) is 12.3 Å². The molecule has 0 aliphatic carbocycles. The fraction of sp³-hybridized carbons (Fsp3) is 0.357. The number of hydrogen-bond donors (Lipinski definition) is 1. The first-order valence-electron chi connectivity index (χ1n) is 7.03. The van der Waals surface area contributed by atoms with Crippen LogP contribution < -0.4 is 9.64 Å². The second-order valence-corrected chi connectivity index (χ2v) is 8.03. The van der Waals surface area contributed by atoms with E-state index in [-0.39, 0.29) is 18.7 Å². The number of β-amino-alcohol motifs (C(OH)–C–C–N with tert-alkyl or cyclic N) is 1. The Morgan fingerprint density at radius 2 is 2.17 bits per heavy atom. The second-order valence-electron chi connectivity index (χ2n) is 5.15. The maximum Gasteiger partial charge on any atom is 0.328 e. The molecule has 0 radical (unpaired) electrons. The van der Waals surface area contributed by atoms with Crippen LogP contribution in [-0.4, -0.2) is 51.4 Å². The molecule has 0 spiro atoms. The van der Waals surface area contributed by atoms with E-state index in [1.54, 1.807) is 7.05 Å². The van der Waals surface area contributed by atoms with Crippen LogP contribution in [0.2, 0.25) is 0 Å². The number of carbonyl (C=O) groups excluding carboxylic acids is 1. The summed E-state index contributed by atoms with van der Waals surface area (Å²) in [5.74, 6) is 0.730. The predicted molar refractivity (Wildman–Crippen MR) is 103 cm³/mol. The number of urea groups is 1. The number of nitrogens with zero attached hydrogens (tertiary/aromatic N) is 4. The Hall–Kier alpha value is -0.980. The molecule has 24 heavy (non-hydrogen) atoms. The number of aliphatic hydroxyl groups is 1. The summed E-state index contributed by atoms with van der Waals surface area (Å²) in [7, 11) is 1.63. The van der Waals surface area contributed by atoms with E-state index in [0.717, 1.165) is 9.32 Å². The number of amides is 2. The summed E-state index contributed by atoms with van der Waals surface area (Å²) in [6, 6.07) is 7.41. The highest BCUT2D eigenvalue weighted by atomic mass is 127. The summed E-state index contributed by atoms with van der Waals surface area (Å²) >= 11 is 6.89. The molecule has 128 valence electrons. The molecule has 2 heterocycles. The van der Waals surface area contributed by atoms with Gasteiger partial charge in [-0.25, -0.2) is 9.69 Å². The van der Waals surface area contributed by atoms with Gasteiger partial charge in [-0.15, -0.1) is 10.2 Å². The van der Waals surface area contributed by atoms with Crippen molar-refractivity contribution in [2.75, 3.05) is 23.8 Å². The Morgan fingerprint density at radius 3 is 2.75 bits per heavy atom. The number of aliphatic hydroxyl groups excluding tert-OH is 1. The molecule has 2 aromatic rings. The third kappa shape index (κ3) is 3.65. The minimum absolute atomic E-state index is 0.245. The largest absolute Gasteiger partial charge is 0.482 e. The first-order chi connectivity index (χ1) is 11.5. The van der Waals surface area contributed by atoms with E-state index in [1.807, 2.05) is 24.3 Å². The average molecular weight is 525 g/mol. The van der Waals surface area contributed by atoms with Crippen LogP contribution in [0, 0.1) is 3.57 Å². The van der Waals surface area contributed by atoms with Crippen LogP contribution in [0.25, 0.3) is 0 Å². The van der Waals surface area contributed by atoms with Crippen LogP contribution in [0.1, 0.15) is 11.1 Å². The predicted octanol–water partition coefficient (Wildman–Crippen LogP) is 2.85. The molecule has 1 aromatic heterocycles. The summed E-state index contributed by atoms with van der Waals surface area (Å²) in [4.78, 5) is 14.8. The lowest BCUT2D eigenvalue weighted by Gasteiger charge is -2.15. The first kappa shape index (κ1) is 17.8. The van der Waals surface area contributed by atoms with Crippen molar-refractivity contribution in [2.24, 2.45) is 0 Å². The van der Waals surface area contributed by atoms with Crippen LogP contribution in [0.3, 0.4) is 0 Å². The molecule has 3 rings (SSSR count). The Bertz CT molecular complexity index is 729. The van der Waals surface area contributed by atoms with Gasteiger partial charge in [0, 0.05) is 15.9 Å². The molecule has 0 bridgehead atoms. The zero-order valence-electron chi connectivity index (χ0n) is 12.6. The van der Waals surface area contributed by atoms with Crippen molar-refractivity contribution in [1.29, 1.82) is 0 Å². The van der Waals surface area contributed by atoms with Gasteiger partial charge < -0.3 is 14.7 Å². The zero-order valence-corrected chi connectivity index (χ0v) is 17.2. The molecule has 2 amide bonds. The van der Waals surface area contributed by atoms with E-state index >= 15 is 0 Å². The number of ether oxygens (including phenoxy) is 1. The quantitative estimate of drug-likeness (QED) is 0.480. The Labute approximate surface area is 164 Å². The van der Waals surface area contributed by atoms with E-state index in [9.17, 15) is 9.90 Å². The fourth-order valence-corrected chi connectivity index (χ4v) is 4.13. The van der Waals surface area contributed by atoms with E-state index in [1.165, 1.54) is 21.1 Å². The summed E-state index contributed by atoms with van der Waals surface area (Å²) < 4.78 is 7.06. The molecule has 1 fully saturated rings. The van der Waals surface area contributed by atoms with E-state index < -0.39 is 6.23 Å². The molecule has 1 N–H and O–H groups in total. The highest BCUT2D eigenvalue weighted by Gasteiger charge is 2.37. The van der Waals surface area contributed by atoms with Crippen molar-refractivity contribution in [1.82, 2.24) is 15.1 Å². The normalized spacial score (nSPS) is 19.0. The number of aromatic nitrogens is 2. The lowest BCUT2D eigenvalue weighted by Crippen LogP contribution is -2.34. The number of halogens is 2. The Balaban J connectivity index is 1.78. The maximum atomic E-state index is 12.1. The SMILES string of the molecule is CN1CC(O)N(c2nnc(C(CBr)Oc3ccc(I)cc3)s2)C1=O. The fourth-order valence-electron chi connectivity index (χ4n) is 2.20. The lowest BCUT2D eigenvalue weighted by molar-refractivity contribution is 0.183. The van der Waals surface area contributed by atoms with Gasteiger partial charge in [0.05, 0.1) is 6.54 Å². The van der Waals surface area contributed by atoms with Crippen LogP contribution in [0.4, 0.5) is 9.93 Å². The molecule has 2 unspecified atom stereocenters. The molecule has 7 nitrogen and oxygen atoms in total. The van der Waals surface area contributed by atoms with Crippen molar-refractivity contribution < 1.29 is 14.6 Å². The van der Waals surface area contributed by atoms with Crippen molar-refractivity contribution in [3.05, 3.63) is 32.8 Å². The van der Waals surface area contributed by atoms with Crippen LogP contribution in [0.5, 0.6) is 5.75 Å². The monoisotopic (exact) mass is 524 g/mol. The number of rotatable bonds is 5. The highest BCUT2D eigenvalue weighted by Crippen LogP contribution is 2.32. The first-order valence-corrected chi connectivity index (χ1v) is 10.0. The molecule has 1 aromatic carbocycles. The molecular weight excluding hydrogens is 511 g/mol. The third-order valence-corrected chi connectivity index (χ3v) is 5.73. The van der Waals surface area contributed by atoms with Crippen molar-refractivity contribution in [3.63, 3.8) is 0 Å². The van der Waals surface area contributed by atoms with E-state index in [4.69, 9.17) is 4.74 Å². The van der Waals surface area contributed by atoms with Crippen LogP contribution in [-0.2, 0) is 0 Å². The molecule has 0 saturated carbocycles. The summed E-state index contributed by atoms with van der Waals surface area (Å²) in [5, 5.41) is 19.7. The molecule has 1 aliphatic rings. The van der Waals surface area contributed by atoms with E-state index in [0.29, 0.717) is 15.5 Å². The third-order valence-electron chi connectivity index (χ3n) is 3.41. The number of carbonyl (C=O) groups is 1. The molecule has 1 aliphatic heterocycles. The number of likely N-dealkylation sites (N-methyl/N-ethyl adjacent to an activating group) is 1. The topological polar surface area (TPSA) is 78.8 Å².